The molecule has 0 radical (unpaired) electrons. The molecule has 0 saturated carbocycles. The van der Waals surface area contributed by atoms with Crippen molar-refractivity contribution in [2.75, 3.05) is 5.32 Å². The lowest BCUT2D eigenvalue weighted by molar-refractivity contribution is -0.385. The van der Waals surface area contributed by atoms with E-state index in [1.165, 1.54) is 12.3 Å². The van der Waals surface area contributed by atoms with E-state index in [9.17, 15) is 10.1 Å². The summed E-state index contributed by atoms with van der Waals surface area (Å²) in [6.07, 6.45) is 4.68. The lowest BCUT2D eigenvalue weighted by Crippen LogP contribution is -1.97. The molecule has 0 aliphatic heterocycles. The van der Waals surface area contributed by atoms with Crippen molar-refractivity contribution in [3.63, 3.8) is 0 Å². The first-order valence-corrected chi connectivity index (χ1v) is 4.93. The number of aryl methyl sites for hydroxylation is 2. The summed E-state index contributed by atoms with van der Waals surface area (Å²) in [4.78, 5) is 14.1. The van der Waals surface area contributed by atoms with Crippen molar-refractivity contribution in [3.8, 4) is 0 Å². The van der Waals surface area contributed by atoms with Gasteiger partial charge in [0.15, 0.2) is 0 Å². The van der Waals surface area contributed by atoms with E-state index in [2.05, 4.69) is 15.4 Å². The molecule has 2 aromatic heterocycles. The van der Waals surface area contributed by atoms with Crippen LogP contribution < -0.4 is 5.32 Å². The summed E-state index contributed by atoms with van der Waals surface area (Å²) in [5.74, 6) is 0.587. The van der Waals surface area contributed by atoms with Gasteiger partial charge in [-0.3, -0.25) is 14.8 Å². The monoisotopic (exact) mass is 233 g/mol. The lowest BCUT2D eigenvalue weighted by Gasteiger charge is -2.05. The Balaban J connectivity index is 2.25. The largest absolute Gasteiger partial charge is 0.337 e. The van der Waals surface area contributed by atoms with Gasteiger partial charge in [0.25, 0.3) is 5.69 Å². The SMILES string of the molecule is Cc1cc([N+](=O)[O-])cnc1Nc1cnn(C)c1. The Morgan fingerprint density at radius 1 is 1.47 bits per heavy atom. The van der Waals surface area contributed by atoms with Gasteiger partial charge in [-0.2, -0.15) is 5.10 Å². The molecule has 2 aromatic rings. The fourth-order valence-corrected chi connectivity index (χ4v) is 1.41. The Hall–Kier alpha value is -2.44. The molecule has 1 N–H and O–H groups in total. The molecule has 0 amide bonds. The second kappa shape index (κ2) is 4.20. The maximum Gasteiger partial charge on any atom is 0.287 e. The van der Waals surface area contributed by atoms with Crippen LogP contribution in [0.2, 0.25) is 0 Å². The number of pyridine rings is 1. The topological polar surface area (TPSA) is 85.9 Å². The lowest BCUT2D eigenvalue weighted by atomic mass is 10.2. The van der Waals surface area contributed by atoms with Gasteiger partial charge >= 0.3 is 0 Å². The maximum atomic E-state index is 10.6. The molecule has 7 heteroatoms. The molecular weight excluding hydrogens is 222 g/mol. The molecule has 0 atom stereocenters. The Bertz CT molecular complexity index is 564. The standard InChI is InChI=1S/C10H11N5O2/c1-7-3-9(15(16)17)5-11-10(7)13-8-4-12-14(2)6-8/h3-6H,1-2H3,(H,11,13). The third-order valence-electron chi connectivity index (χ3n) is 2.24. The van der Waals surface area contributed by atoms with Crippen LogP contribution in [0.4, 0.5) is 17.2 Å². The van der Waals surface area contributed by atoms with Gasteiger partial charge in [0.1, 0.15) is 12.0 Å². The number of nitro groups is 1. The van der Waals surface area contributed by atoms with E-state index in [0.29, 0.717) is 11.4 Å². The van der Waals surface area contributed by atoms with Crippen LogP contribution in [0, 0.1) is 17.0 Å². The minimum Gasteiger partial charge on any atom is -0.337 e. The van der Waals surface area contributed by atoms with Gasteiger partial charge in [-0.25, -0.2) is 4.98 Å². The van der Waals surface area contributed by atoms with Gasteiger partial charge in [0.05, 0.1) is 16.8 Å². The maximum absolute atomic E-state index is 10.6. The number of hydrogen-bond acceptors (Lipinski definition) is 5. The molecule has 88 valence electrons. The van der Waals surface area contributed by atoms with Crippen LogP contribution in [0.3, 0.4) is 0 Å². The molecule has 2 heterocycles. The van der Waals surface area contributed by atoms with Crippen molar-refractivity contribution in [1.29, 1.82) is 0 Å². The predicted molar refractivity (Wildman–Crippen MR) is 62.1 cm³/mol. The highest BCUT2D eigenvalue weighted by Crippen LogP contribution is 2.21. The molecule has 0 unspecified atom stereocenters. The zero-order chi connectivity index (χ0) is 12.4. The van der Waals surface area contributed by atoms with Crippen molar-refractivity contribution in [3.05, 3.63) is 40.3 Å². The van der Waals surface area contributed by atoms with Crippen molar-refractivity contribution < 1.29 is 4.92 Å². The van der Waals surface area contributed by atoms with Crippen LogP contribution in [-0.4, -0.2) is 19.7 Å². The summed E-state index contributed by atoms with van der Waals surface area (Å²) in [5, 5.41) is 17.6. The first-order valence-electron chi connectivity index (χ1n) is 4.93. The number of anilines is 2. The Morgan fingerprint density at radius 2 is 2.24 bits per heavy atom. The highest BCUT2D eigenvalue weighted by molar-refractivity contribution is 5.58. The summed E-state index contributed by atoms with van der Waals surface area (Å²) >= 11 is 0. The zero-order valence-electron chi connectivity index (χ0n) is 9.41. The summed E-state index contributed by atoms with van der Waals surface area (Å²) in [5.41, 5.74) is 1.49. The molecule has 0 spiro atoms. The highest BCUT2D eigenvalue weighted by atomic mass is 16.6. The fourth-order valence-electron chi connectivity index (χ4n) is 1.41. The molecular formula is C10H11N5O2. The molecule has 0 aliphatic rings. The van der Waals surface area contributed by atoms with Crippen LogP contribution in [0.15, 0.2) is 24.7 Å². The average molecular weight is 233 g/mol. The molecule has 7 nitrogen and oxygen atoms in total. The quantitative estimate of drug-likeness (QED) is 0.645. The second-order valence-electron chi connectivity index (χ2n) is 3.64. The van der Waals surface area contributed by atoms with Crippen molar-refractivity contribution in [2.45, 2.75) is 6.92 Å². The van der Waals surface area contributed by atoms with E-state index in [1.807, 2.05) is 0 Å². The third-order valence-corrected chi connectivity index (χ3v) is 2.24. The Labute approximate surface area is 97.2 Å². The minimum atomic E-state index is -0.464. The summed E-state index contributed by atoms with van der Waals surface area (Å²) < 4.78 is 1.66. The van der Waals surface area contributed by atoms with E-state index in [4.69, 9.17) is 0 Å². The van der Waals surface area contributed by atoms with E-state index in [0.717, 1.165) is 5.69 Å². The normalized spacial score (nSPS) is 10.2. The number of nitrogens with zero attached hydrogens (tertiary/aromatic N) is 4. The molecule has 0 bridgehead atoms. The smallest absolute Gasteiger partial charge is 0.287 e. The summed E-state index contributed by atoms with van der Waals surface area (Å²) in [6, 6.07) is 1.48. The van der Waals surface area contributed by atoms with Crippen LogP contribution >= 0.6 is 0 Å². The van der Waals surface area contributed by atoms with E-state index in [1.54, 1.807) is 31.0 Å². The van der Waals surface area contributed by atoms with Crippen LogP contribution in [0.25, 0.3) is 0 Å². The molecule has 2 rings (SSSR count). The van der Waals surface area contributed by atoms with Gasteiger partial charge in [-0.1, -0.05) is 0 Å². The van der Waals surface area contributed by atoms with Gasteiger partial charge in [0, 0.05) is 19.3 Å². The highest BCUT2D eigenvalue weighted by Gasteiger charge is 2.09. The Morgan fingerprint density at radius 3 is 2.76 bits per heavy atom. The minimum absolute atomic E-state index is 0.0146. The van der Waals surface area contributed by atoms with Crippen LogP contribution in [0.1, 0.15) is 5.56 Å². The molecule has 17 heavy (non-hydrogen) atoms. The fraction of sp³-hybridized carbons (Fsp3) is 0.200. The molecule has 0 aromatic carbocycles. The van der Waals surface area contributed by atoms with Crippen LogP contribution in [0.5, 0.6) is 0 Å². The first kappa shape index (κ1) is 11.1. The number of hydrogen-bond donors (Lipinski definition) is 1. The number of nitrogens with one attached hydrogen (secondary N) is 1. The van der Waals surface area contributed by atoms with Crippen molar-refractivity contribution >= 4 is 17.2 Å². The first-order chi connectivity index (χ1) is 8.06. The van der Waals surface area contributed by atoms with E-state index >= 15 is 0 Å². The Kier molecular flexibility index (Phi) is 2.73. The predicted octanol–water partition coefficient (Wildman–Crippen LogP) is 1.78. The zero-order valence-corrected chi connectivity index (χ0v) is 9.41. The van der Waals surface area contributed by atoms with Crippen molar-refractivity contribution in [2.24, 2.45) is 7.05 Å². The van der Waals surface area contributed by atoms with Gasteiger partial charge in [-0.15, -0.1) is 0 Å². The van der Waals surface area contributed by atoms with E-state index < -0.39 is 4.92 Å². The summed E-state index contributed by atoms with van der Waals surface area (Å²) in [7, 11) is 1.81. The number of rotatable bonds is 3. The molecule has 0 fully saturated rings. The van der Waals surface area contributed by atoms with Gasteiger partial charge in [0.2, 0.25) is 0 Å². The van der Waals surface area contributed by atoms with Gasteiger partial charge in [-0.05, 0) is 12.5 Å². The molecule has 0 aliphatic carbocycles. The van der Waals surface area contributed by atoms with E-state index in [-0.39, 0.29) is 5.69 Å². The average Bonchev–Trinajstić information content (AvgIpc) is 2.67. The number of aromatic nitrogens is 3. The van der Waals surface area contributed by atoms with Crippen LogP contribution in [-0.2, 0) is 7.05 Å². The second-order valence-corrected chi connectivity index (χ2v) is 3.64. The van der Waals surface area contributed by atoms with Gasteiger partial charge < -0.3 is 5.32 Å². The third kappa shape index (κ3) is 2.39. The molecule has 0 saturated heterocycles. The summed E-state index contributed by atoms with van der Waals surface area (Å²) in [6.45, 7) is 1.76. The van der Waals surface area contributed by atoms with Crippen molar-refractivity contribution in [1.82, 2.24) is 14.8 Å².